The van der Waals surface area contributed by atoms with E-state index in [1.807, 2.05) is 30.3 Å². The lowest BCUT2D eigenvalue weighted by Crippen LogP contribution is -2.04. The van der Waals surface area contributed by atoms with Crippen molar-refractivity contribution >= 4 is 0 Å². The Kier molecular flexibility index (Phi) is 5.13. The van der Waals surface area contributed by atoms with Crippen molar-refractivity contribution < 1.29 is 14.6 Å². The molecule has 0 atom stereocenters. The topological polar surface area (TPSA) is 75.4 Å². The van der Waals surface area contributed by atoms with Gasteiger partial charge < -0.3 is 14.6 Å². The summed E-state index contributed by atoms with van der Waals surface area (Å²) in [6, 6.07) is 11.7. The fraction of sp³-hybridized carbons (Fsp3) is 0.250. The molecule has 1 aromatic heterocycles. The molecule has 0 amide bonds. The molecule has 0 saturated heterocycles. The van der Waals surface area contributed by atoms with Gasteiger partial charge in [0.15, 0.2) is 5.56 Å². The first-order valence-corrected chi connectivity index (χ1v) is 6.53. The highest BCUT2D eigenvalue weighted by molar-refractivity contribution is 5.53. The van der Waals surface area contributed by atoms with E-state index in [0.29, 0.717) is 24.3 Å². The van der Waals surface area contributed by atoms with E-state index in [1.165, 1.54) is 7.11 Å². The van der Waals surface area contributed by atoms with Gasteiger partial charge in [-0.1, -0.05) is 30.3 Å². The van der Waals surface area contributed by atoms with Crippen LogP contribution >= 0.6 is 0 Å². The van der Waals surface area contributed by atoms with Gasteiger partial charge in [-0.15, -0.1) is 0 Å². The van der Waals surface area contributed by atoms with Gasteiger partial charge in [0.05, 0.1) is 7.11 Å². The summed E-state index contributed by atoms with van der Waals surface area (Å²) in [6.45, 7) is 0.290. The molecule has 1 heterocycles. The van der Waals surface area contributed by atoms with E-state index in [9.17, 15) is 5.26 Å². The van der Waals surface area contributed by atoms with Crippen LogP contribution in [-0.2, 0) is 13.0 Å². The molecule has 0 spiro atoms. The highest BCUT2D eigenvalue weighted by atomic mass is 16.5. The smallest absolute Gasteiger partial charge is 0.235 e. The fourth-order valence-electron chi connectivity index (χ4n) is 1.98. The number of aromatic nitrogens is 1. The van der Waals surface area contributed by atoms with E-state index in [2.05, 4.69) is 11.1 Å². The Morgan fingerprint density at radius 2 is 2.05 bits per heavy atom. The molecule has 0 saturated carbocycles. The van der Waals surface area contributed by atoms with Gasteiger partial charge in [-0.25, -0.2) is 4.98 Å². The second kappa shape index (κ2) is 7.27. The highest BCUT2D eigenvalue weighted by Crippen LogP contribution is 2.30. The van der Waals surface area contributed by atoms with Crippen LogP contribution in [0.4, 0.5) is 0 Å². The molecule has 0 fully saturated rings. The molecular formula is C16H16N2O3. The zero-order valence-corrected chi connectivity index (χ0v) is 11.7. The van der Waals surface area contributed by atoms with Crippen molar-refractivity contribution in [3.05, 3.63) is 53.2 Å². The summed E-state index contributed by atoms with van der Waals surface area (Å²) in [7, 11) is 1.48. The number of nitriles is 1. The monoisotopic (exact) mass is 284 g/mol. The Morgan fingerprint density at radius 1 is 1.29 bits per heavy atom. The van der Waals surface area contributed by atoms with Crippen molar-refractivity contribution in [3.63, 3.8) is 0 Å². The molecule has 0 unspecified atom stereocenters. The van der Waals surface area contributed by atoms with Gasteiger partial charge >= 0.3 is 0 Å². The van der Waals surface area contributed by atoms with Crippen LogP contribution in [0.3, 0.4) is 0 Å². The SMILES string of the molecule is COc1c(CCO)cnc(OCc2ccccc2)c1C#N. The summed E-state index contributed by atoms with van der Waals surface area (Å²) in [6.07, 6.45) is 1.94. The number of benzene rings is 1. The molecule has 21 heavy (non-hydrogen) atoms. The second-order valence-corrected chi connectivity index (χ2v) is 4.36. The van der Waals surface area contributed by atoms with Crippen molar-refractivity contribution in [2.75, 3.05) is 13.7 Å². The van der Waals surface area contributed by atoms with E-state index in [0.717, 1.165) is 5.56 Å². The third kappa shape index (κ3) is 3.50. The highest BCUT2D eigenvalue weighted by Gasteiger charge is 2.16. The molecule has 1 aromatic carbocycles. The molecule has 5 nitrogen and oxygen atoms in total. The van der Waals surface area contributed by atoms with Crippen molar-refractivity contribution in [1.82, 2.24) is 4.98 Å². The van der Waals surface area contributed by atoms with Crippen LogP contribution in [0.1, 0.15) is 16.7 Å². The Labute approximate surface area is 123 Å². The number of hydrogen-bond acceptors (Lipinski definition) is 5. The number of nitrogens with zero attached hydrogens (tertiary/aromatic N) is 2. The maximum atomic E-state index is 9.31. The Hall–Kier alpha value is -2.58. The minimum atomic E-state index is -0.0346. The summed E-state index contributed by atoms with van der Waals surface area (Å²) < 4.78 is 10.9. The summed E-state index contributed by atoms with van der Waals surface area (Å²) in [5.74, 6) is 0.643. The van der Waals surface area contributed by atoms with Crippen LogP contribution in [0, 0.1) is 11.3 Å². The van der Waals surface area contributed by atoms with E-state index in [1.54, 1.807) is 6.20 Å². The molecule has 1 N–H and O–H groups in total. The summed E-state index contributed by atoms with van der Waals surface area (Å²) in [4.78, 5) is 4.16. The van der Waals surface area contributed by atoms with Gasteiger partial charge in [0.2, 0.25) is 5.88 Å². The molecule has 0 radical (unpaired) electrons. The third-order valence-electron chi connectivity index (χ3n) is 2.99. The first kappa shape index (κ1) is 14.8. The number of methoxy groups -OCH3 is 1. The standard InChI is InChI=1S/C16H16N2O3/c1-20-15-13(7-8-19)10-18-16(14(15)9-17)21-11-12-5-3-2-4-6-12/h2-6,10,19H,7-8,11H2,1H3. The number of rotatable bonds is 6. The van der Waals surface area contributed by atoms with E-state index < -0.39 is 0 Å². The fourth-order valence-corrected chi connectivity index (χ4v) is 1.98. The minimum absolute atomic E-state index is 0.0346. The molecule has 2 rings (SSSR count). The molecule has 0 bridgehead atoms. The Bertz CT molecular complexity index is 636. The van der Waals surface area contributed by atoms with Gasteiger partial charge in [0, 0.05) is 24.8 Å². The average molecular weight is 284 g/mol. The molecule has 2 aromatic rings. The van der Waals surface area contributed by atoms with Crippen molar-refractivity contribution in [2.24, 2.45) is 0 Å². The average Bonchev–Trinajstić information content (AvgIpc) is 2.54. The normalized spacial score (nSPS) is 9.95. The summed E-state index contributed by atoms with van der Waals surface area (Å²) in [5, 5.41) is 18.3. The lowest BCUT2D eigenvalue weighted by molar-refractivity contribution is 0.285. The zero-order valence-electron chi connectivity index (χ0n) is 11.7. The number of pyridine rings is 1. The number of hydrogen-bond donors (Lipinski definition) is 1. The van der Waals surface area contributed by atoms with Gasteiger partial charge in [0.25, 0.3) is 0 Å². The Morgan fingerprint density at radius 3 is 2.67 bits per heavy atom. The lowest BCUT2D eigenvalue weighted by Gasteiger charge is -2.13. The van der Waals surface area contributed by atoms with Gasteiger partial charge in [0.1, 0.15) is 18.4 Å². The van der Waals surface area contributed by atoms with Crippen LogP contribution in [0.5, 0.6) is 11.6 Å². The molecule has 5 heteroatoms. The van der Waals surface area contributed by atoms with Crippen LogP contribution in [0.25, 0.3) is 0 Å². The predicted octanol–water partition coefficient (Wildman–Crippen LogP) is 2.08. The van der Waals surface area contributed by atoms with Crippen molar-refractivity contribution in [3.8, 4) is 17.7 Å². The number of aliphatic hydroxyl groups is 1. The van der Waals surface area contributed by atoms with E-state index in [-0.39, 0.29) is 18.1 Å². The molecule has 0 aliphatic heterocycles. The molecular weight excluding hydrogens is 268 g/mol. The largest absolute Gasteiger partial charge is 0.495 e. The number of ether oxygens (including phenoxy) is 2. The first-order valence-electron chi connectivity index (χ1n) is 6.53. The van der Waals surface area contributed by atoms with Gasteiger partial charge in [-0.3, -0.25) is 0 Å². The summed E-state index contributed by atoms with van der Waals surface area (Å²) in [5.41, 5.74) is 1.92. The first-order chi connectivity index (χ1) is 10.3. The van der Waals surface area contributed by atoms with Crippen molar-refractivity contribution in [2.45, 2.75) is 13.0 Å². The zero-order chi connectivity index (χ0) is 15.1. The molecule has 0 aliphatic rings. The van der Waals surface area contributed by atoms with Gasteiger partial charge in [-0.2, -0.15) is 5.26 Å². The Balaban J connectivity index is 2.25. The van der Waals surface area contributed by atoms with Crippen LogP contribution in [0.2, 0.25) is 0 Å². The van der Waals surface area contributed by atoms with E-state index in [4.69, 9.17) is 14.6 Å². The van der Waals surface area contributed by atoms with E-state index >= 15 is 0 Å². The van der Waals surface area contributed by atoms with Gasteiger partial charge in [-0.05, 0) is 5.56 Å². The maximum absolute atomic E-state index is 9.31. The minimum Gasteiger partial charge on any atom is -0.495 e. The quantitative estimate of drug-likeness (QED) is 0.879. The predicted molar refractivity (Wildman–Crippen MR) is 77.1 cm³/mol. The number of aliphatic hydroxyl groups excluding tert-OH is 1. The van der Waals surface area contributed by atoms with Crippen LogP contribution in [-0.4, -0.2) is 23.8 Å². The van der Waals surface area contributed by atoms with Crippen LogP contribution < -0.4 is 9.47 Å². The van der Waals surface area contributed by atoms with Crippen LogP contribution in [0.15, 0.2) is 36.5 Å². The maximum Gasteiger partial charge on any atom is 0.235 e. The lowest BCUT2D eigenvalue weighted by atomic mass is 10.1. The summed E-state index contributed by atoms with van der Waals surface area (Å²) >= 11 is 0. The molecule has 108 valence electrons. The second-order valence-electron chi connectivity index (χ2n) is 4.36. The third-order valence-corrected chi connectivity index (χ3v) is 2.99. The molecule has 0 aliphatic carbocycles. The van der Waals surface area contributed by atoms with Crippen molar-refractivity contribution in [1.29, 1.82) is 5.26 Å².